The van der Waals surface area contributed by atoms with E-state index >= 15 is 0 Å². The van der Waals surface area contributed by atoms with Crippen molar-refractivity contribution in [1.82, 2.24) is 10.2 Å². The van der Waals surface area contributed by atoms with E-state index < -0.39 is 82.0 Å². The van der Waals surface area contributed by atoms with Gasteiger partial charge in [0.05, 0.1) is 23.4 Å². The van der Waals surface area contributed by atoms with E-state index in [1.165, 1.54) is 32.1 Å². The van der Waals surface area contributed by atoms with Crippen molar-refractivity contribution in [3.63, 3.8) is 0 Å². The lowest BCUT2D eigenvalue weighted by atomic mass is 9.54. The van der Waals surface area contributed by atoms with Crippen molar-refractivity contribution >= 4 is 51.8 Å². The number of carbonyl (C=O) groups is 4. The number of ketones is 2. The number of amides is 1. The van der Waals surface area contributed by atoms with E-state index in [4.69, 9.17) is 4.74 Å². The highest BCUT2D eigenvalue weighted by atomic mass is 127. The first-order valence-corrected chi connectivity index (χ1v) is 15.2. The number of esters is 1. The number of nitrogens with zero attached hydrogens (tertiary/aromatic N) is 1. The third kappa shape index (κ3) is 4.28. The SMILES string of the molecule is CNC(=O)C1=C(O)C2(O)C(=O)C3=C(O)c4c(O)ccc(I)c4C(C)C3C(OC(=O)C3CCCCC3)C2C(N(C)C)C1=O. The lowest BCUT2D eigenvalue weighted by Crippen LogP contribution is -2.71. The summed E-state index contributed by atoms with van der Waals surface area (Å²) in [5, 5.41) is 48.3. The molecule has 4 aliphatic carbocycles. The summed E-state index contributed by atoms with van der Waals surface area (Å²) in [6, 6.07) is 1.68. The minimum atomic E-state index is -2.91. The number of benzene rings is 1. The van der Waals surface area contributed by atoms with Crippen LogP contribution in [0.3, 0.4) is 0 Å². The summed E-state index contributed by atoms with van der Waals surface area (Å²) in [5.74, 6) is -9.23. The zero-order valence-electron chi connectivity index (χ0n) is 23.8. The van der Waals surface area contributed by atoms with Gasteiger partial charge >= 0.3 is 5.97 Å². The quantitative estimate of drug-likeness (QED) is 0.179. The van der Waals surface area contributed by atoms with E-state index in [0.717, 1.165) is 19.3 Å². The minimum Gasteiger partial charge on any atom is -0.508 e. The Kier molecular flexibility index (Phi) is 7.94. The molecule has 0 saturated heterocycles. The Morgan fingerprint density at radius 3 is 2.33 bits per heavy atom. The Hall–Kier alpha value is -2.97. The van der Waals surface area contributed by atoms with E-state index in [1.807, 2.05) is 0 Å². The van der Waals surface area contributed by atoms with Crippen LogP contribution in [0.5, 0.6) is 5.75 Å². The van der Waals surface area contributed by atoms with Crippen LogP contribution in [0, 0.1) is 21.3 Å². The molecule has 226 valence electrons. The fourth-order valence-electron chi connectivity index (χ4n) is 7.43. The predicted molar refractivity (Wildman–Crippen MR) is 158 cm³/mol. The van der Waals surface area contributed by atoms with Gasteiger partial charge in [-0.25, -0.2) is 0 Å². The number of aliphatic hydroxyl groups is 3. The van der Waals surface area contributed by atoms with Crippen molar-refractivity contribution in [2.24, 2.45) is 17.8 Å². The number of Topliss-reactive ketones (excluding diaryl/α,β-unsaturated/α-hetero) is 2. The van der Waals surface area contributed by atoms with Gasteiger partial charge in [0.1, 0.15) is 28.9 Å². The van der Waals surface area contributed by atoms with Crippen LogP contribution < -0.4 is 5.32 Å². The first-order valence-electron chi connectivity index (χ1n) is 14.1. The van der Waals surface area contributed by atoms with Crippen LogP contribution in [0.2, 0.25) is 0 Å². The second-order valence-electron chi connectivity index (χ2n) is 11.9. The molecule has 6 atom stereocenters. The van der Waals surface area contributed by atoms with Gasteiger partial charge in [-0.15, -0.1) is 0 Å². The van der Waals surface area contributed by atoms with Crippen molar-refractivity contribution in [2.75, 3.05) is 21.1 Å². The molecule has 0 aliphatic heterocycles. The number of hydrogen-bond acceptors (Lipinski definition) is 10. The van der Waals surface area contributed by atoms with Gasteiger partial charge in [0.15, 0.2) is 11.4 Å². The van der Waals surface area contributed by atoms with E-state index in [1.54, 1.807) is 13.0 Å². The third-order valence-corrected chi connectivity index (χ3v) is 10.4. The van der Waals surface area contributed by atoms with E-state index in [9.17, 15) is 39.6 Å². The molecule has 6 unspecified atom stereocenters. The van der Waals surface area contributed by atoms with Crippen molar-refractivity contribution in [3.05, 3.63) is 43.7 Å². The molecule has 5 N–H and O–H groups in total. The number of ether oxygens (including phenoxy) is 1. The maximum absolute atomic E-state index is 14.4. The van der Waals surface area contributed by atoms with Crippen molar-refractivity contribution in [1.29, 1.82) is 0 Å². The van der Waals surface area contributed by atoms with Gasteiger partial charge in [-0.2, -0.15) is 0 Å². The summed E-state index contributed by atoms with van der Waals surface area (Å²) in [5.41, 5.74) is -3.52. The van der Waals surface area contributed by atoms with E-state index in [2.05, 4.69) is 27.9 Å². The monoisotopic (exact) mass is 694 g/mol. The second-order valence-corrected chi connectivity index (χ2v) is 13.0. The molecule has 11 nitrogen and oxygen atoms in total. The van der Waals surface area contributed by atoms with E-state index in [0.29, 0.717) is 22.0 Å². The molecule has 0 radical (unpaired) electrons. The molecule has 2 saturated carbocycles. The number of halogens is 1. The molecule has 0 spiro atoms. The molecule has 1 aromatic rings. The topological polar surface area (TPSA) is 174 Å². The third-order valence-electron chi connectivity index (χ3n) is 9.42. The Balaban J connectivity index is 1.81. The summed E-state index contributed by atoms with van der Waals surface area (Å²) < 4.78 is 6.89. The first kappa shape index (κ1) is 30.5. The van der Waals surface area contributed by atoms with Crippen LogP contribution in [0.4, 0.5) is 0 Å². The standard InChI is InChI=1S/C30H35IN2O9/c1-12-16-14(31)10-11-15(34)18(16)23(35)19-17(12)25(42-29(40)13-8-6-5-7-9-13)21-22(33(3)4)24(36)20(28(39)32-2)27(38)30(21,41)26(19)37/h10-13,17,21-22,25,34-35,38,41H,5-9H2,1-4H3,(H,32,39). The first-order chi connectivity index (χ1) is 19.8. The number of nitrogens with one attached hydrogen (secondary N) is 1. The zero-order valence-corrected chi connectivity index (χ0v) is 26.0. The molecule has 2 fully saturated rings. The van der Waals surface area contributed by atoms with Gasteiger partial charge in [-0.1, -0.05) is 26.2 Å². The fraction of sp³-hybridized carbons (Fsp3) is 0.533. The number of phenols is 1. The number of likely N-dealkylation sites (N-methyl/N-ethyl adjacent to an activating group) is 2. The number of carbonyl (C=O) groups excluding carboxylic acids is 4. The Labute approximate surface area is 256 Å². The van der Waals surface area contributed by atoms with Crippen LogP contribution in [-0.4, -0.2) is 87.7 Å². The molecule has 1 aromatic carbocycles. The Morgan fingerprint density at radius 2 is 1.74 bits per heavy atom. The average molecular weight is 695 g/mol. The number of aliphatic hydroxyl groups excluding tert-OH is 2. The Morgan fingerprint density at radius 1 is 1.10 bits per heavy atom. The van der Waals surface area contributed by atoms with Crippen LogP contribution in [0.1, 0.15) is 56.1 Å². The molecule has 0 bridgehead atoms. The molecule has 1 amide bonds. The van der Waals surface area contributed by atoms with Gasteiger partial charge < -0.3 is 30.5 Å². The summed E-state index contributed by atoms with van der Waals surface area (Å²) in [6.07, 6.45) is 2.50. The normalized spacial score (nSPS) is 31.5. The molecule has 5 rings (SSSR count). The average Bonchev–Trinajstić information content (AvgIpc) is 2.95. The molecule has 0 aromatic heterocycles. The molecule has 4 aliphatic rings. The van der Waals surface area contributed by atoms with Crippen LogP contribution >= 0.6 is 22.6 Å². The highest BCUT2D eigenvalue weighted by Gasteiger charge is 2.69. The predicted octanol–water partition coefficient (Wildman–Crippen LogP) is 2.49. The lowest BCUT2D eigenvalue weighted by Gasteiger charge is -2.54. The molecular weight excluding hydrogens is 659 g/mol. The summed E-state index contributed by atoms with van der Waals surface area (Å²) in [7, 11) is 4.30. The number of rotatable bonds is 4. The van der Waals surface area contributed by atoms with Crippen LogP contribution in [0.25, 0.3) is 5.76 Å². The summed E-state index contributed by atoms with van der Waals surface area (Å²) in [6.45, 7) is 1.76. The molecule has 0 heterocycles. The van der Waals surface area contributed by atoms with Gasteiger partial charge in [0, 0.05) is 22.1 Å². The van der Waals surface area contributed by atoms with Crippen molar-refractivity contribution < 1.29 is 44.3 Å². The maximum Gasteiger partial charge on any atom is 0.309 e. The number of aromatic hydroxyl groups is 1. The summed E-state index contributed by atoms with van der Waals surface area (Å²) in [4.78, 5) is 56.2. The number of phenolic OH excluding ortho intramolecular Hbond substituents is 1. The second kappa shape index (κ2) is 10.9. The zero-order chi connectivity index (χ0) is 30.8. The molecule has 42 heavy (non-hydrogen) atoms. The van der Waals surface area contributed by atoms with Gasteiger partial charge in [0.25, 0.3) is 5.91 Å². The van der Waals surface area contributed by atoms with Crippen molar-refractivity contribution in [3.8, 4) is 5.75 Å². The largest absolute Gasteiger partial charge is 0.508 e. The Bertz CT molecular complexity index is 1440. The smallest absolute Gasteiger partial charge is 0.309 e. The highest BCUT2D eigenvalue weighted by Crippen LogP contribution is 2.57. The number of hydrogen-bond donors (Lipinski definition) is 5. The minimum absolute atomic E-state index is 0.000512. The lowest BCUT2D eigenvalue weighted by molar-refractivity contribution is -0.188. The number of fused-ring (bicyclic) bond motifs is 3. The van der Waals surface area contributed by atoms with Crippen LogP contribution in [-0.2, 0) is 23.9 Å². The molecule has 12 heteroatoms. The fourth-order valence-corrected chi connectivity index (χ4v) is 8.37. The van der Waals surface area contributed by atoms with Gasteiger partial charge in [0.2, 0.25) is 5.78 Å². The van der Waals surface area contributed by atoms with E-state index in [-0.39, 0.29) is 16.9 Å². The highest BCUT2D eigenvalue weighted by molar-refractivity contribution is 14.1. The molecular formula is C30H35IN2O9. The van der Waals surface area contributed by atoms with Crippen molar-refractivity contribution in [2.45, 2.75) is 62.7 Å². The maximum atomic E-state index is 14.4. The summed E-state index contributed by atoms with van der Waals surface area (Å²) >= 11 is 2.06. The van der Waals surface area contributed by atoms with Crippen LogP contribution in [0.15, 0.2) is 29.0 Å². The van der Waals surface area contributed by atoms with Gasteiger partial charge in [-0.05, 0) is 73.1 Å². The van der Waals surface area contributed by atoms with Gasteiger partial charge in [-0.3, -0.25) is 24.1 Å².